The van der Waals surface area contributed by atoms with Crippen molar-refractivity contribution in [2.45, 2.75) is 33.7 Å². The van der Waals surface area contributed by atoms with Gasteiger partial charge in [-0.1, -0.05) is 0 Å². The van der Waals surface area contributed by atoms with E-state index in [9.17, 15) is 4.79 Å². The van der Waals surface area contributed by atoms with Crippen molar-refractivity contribution in [2.24, 2.45) is 0 Å². The predicted octanol–water partition coefficient (Wildman–Crippen LogP) is 1.16. The molecule has 0 aliphatic rings. The summed E-state index contributed by atoms with van der Waals surface area (Å²) in [6, 6.07) is 1.38. The molecule has 1 heterocycles. The van der Waals surface area contributed by atoms with Crippen molar-refractivity contribution in [1.29, 1.82) is 0 Å². The Morgan fingerprint density at radius 1 is 1.30 bits per heavy atom. The van der Waals surface area contributed by atoms with E-state index in [2.05, 4.69) is 20.6 Å². The van der Waals surface area contributed by atoms with Crippen LogP contribution in [0.4, 0.5) is 17.6 Å². The zero-order valence-corrected chi connectivity index (χ0v) is 12.6. The molecule has 1 rings (SSSR count). The Kier molecular flexibility index (Phi) is 6.02. The molecular weight excluding hydrogens is 256 g/mol. The first-order chi connectivity index (χ1) is 9.51. The van der Waals surface area contributed by atoms with Crippen molar-refractivity contribution in [3.8, 4) is 0 Å². The minimum absolute atomic E-state index is 0.0391. The quantitative estimate of drug-likeness (QED) is 0.693. The summed E-state index contributed by atoms with van der Waals surface area (Å²) in [5.74, 6) is 1.40. The summed E-state index contributed by atoms with van der Waals surface area (Å²) in [6.45, 7) is 9.82. The number of aromatic nitrogens is 2. The van der Waals surface area contributed by atoms with Crippen LogP contribution in [0.15, 0.2) is 6.07 Å². The third-order valence-electron chi connectivity index (χ3n) is 2.91. The van der Waals surface area contributed by atoms with E-state index < -0.39 is 0 Å². The molecule has 112 valence electrons. The van der Waals surface area contributed by atoms with Crippen molar-refractivity contribution in [1.82, 2.24) is 14.9 Å². The summed E-state index contributed by atoms with van der Waals surface area (Å²) in [4.78, 5) is 22.1. The van der Waals surface area contributed by atoms with Crippen LogP contribution in [0.1, 0.15) is 27.7 Å². The molecule has 1 aromatic rings. The molecule has 4 N–H and O–H groups in total. The molecule has 0 spiro atoms. The third kappa shape index (κ3) is 4.25. The van der Waals surface area contributed by atoms with E-state index >= 15 is 0 Å². The van der Waals surface area contributed by atoms with E-state index in [1.807, 2.05) is 27.7 Å². The average molecular weight is 280 g/mol. The molecule has 1 amide bonds. The Balaban J connectivity index is 2.79. The standard InChI is InChI=1S/C13H24N6O/c1-5-15-10-8-11(18-13(14)17-10)16-9(4)12(20)19(6-2)7-3/h8-9H,5-7H2,1-4H3,(H4,14,15,16,17,18). The summed E-state index contributed by atoms with van der Waals surface area (Å²) >= 11 is 0. The Morgan fingerprint density at radius 2 is 1.90 bits per heavy atom. The predicted molar refractivity (Wildman–Crippen MR) is 81.6 cm³/mol. The highest BCUT2D eigenvalue weighted by Gasteiger charge is 2.18. The van der Waals surface area contributed by atoms with Gasteiger partial charge in [0.15, 0.2) is 0 Å². The number of nitrogens with two attached hydrogens (primary N) is 1. The highest BCUT2D eigenvalue weighted by molar-refractivity contribution is 5.84. The first-order valence-electron chi connectivity index (χ1n) is 6.95. The minimum atomic E-state index is -0.362. The van der Waals surface area contributed by atoms with E-state index in [1.165, 1.54) is 0 Å². The van der Waals surface area contributed by atoms with E-state index in [-0.39, 0.29) is 17.9 Å². The maximum absolute atomic E-state index is 12.2. The van der Waals surface area contributed by atoms with Crippen molar-refractivity contribution >= 4 is 23.5 Å². The van der Waals surface area contributed by atoms with Gasteiger partial charge in [-0.2, -0.15) is 9.97 Å². The SMILES string of the molecule is CCNc1cc(NC(C)C(=O)N(CC)CC)nc(N)n1. The number of carbonyl (C=O) groups excluding carboxylic acids is 1. The van der Waals surface area contributed by atoms with Crippen LogP contribution in [0, 0.1) is 0 Å². The first kappa shape index (κ1) is 16.0. The molecule has 0 aliphatic heterocycles. The maximum Gasteiger partial charge on any atom is 0.244 e. The molecule has 1 aromatic heterocycles. The van der Waals surface area contributed by atoms with Gasteiger partial charge in [-0.15, -0.1) is 0 Å². The summed E-state index contributed by atoms with van der Waals surface area (Å²) in [5.41, 5.74) is 5.66. The molecule has 0 radical (unpaired) electrons. The van der Waals surface area contributed by atoms with Crippen molar-refractivity contribution < 1.29 is 4.79 Å². The lowest BCUT2D eigenvalue weighted by atomic mass is 10.2. The van der Waals surface area contributed by atoms with Crippen LogP contribution < -0.4 is 16.4 Å². The van der Waals surface area contributed by atoms with Crippen LogP contribution in [0.2, 0.25) is 0 Å². The van der Waals surface area contributed by atoms with Gasteiger partial charge in [-0.25, -0.2) is 0 Å². The molecule has 0 saturated heterocycles. The number of hydrogen-bond donors (Lipinski definition) is 3. The van der Waals surface area contributed by atoms with E-state index in [0.29, 0.717) is 24.7 Å². The van der Waals surface area contributed by atoms with E-state index in [4.69, 9.17) is 5.73 Å². The van der Waals surface area contributed by atoms with Crippen LogP contribution in [-0.2, 0) is 4.79 Å². The molecule has 1 unspecified atom stereocenters. The number of nitrogens with one attached hydrogen (secondary N) is 2. The van der Waals surface area contributed by atoms with Gasteiger partial charge in [0.1, 0.15) is 17.7 Å². The number of likely N-dealkylation sites (N-methyl/N-ethyl adjacent to an activating group) is 1. The monoisotopic (exact) mass is 280 g/mol. The molecule has 7 nitrogen and oxygen atoms in total. The first-order valence-corrected chi connectivity index (χ1v) is 6.95. The number of rotatable bonds is 7. The zero-order chi connectivity index (χ0) is 15.1. The average Bonchev–Trinajstić information content (AvgIpc) is 2.39. The normalized spacial score (nSPS) is 11.8. The second-order valence-electron chi connectivity index (χ2n) is 4.40. The van der Waals surface area contributed by atoms with Gasteiger partial charge in [-0.3, -0.25) is 4.79 Å². The molecule has 0 aromatic carbocycles. The number of carbonyl (C=O) groups is 1. The maximum atomic E-state index is 12.2. The lowest BCUT2D eigenvalue weighted by Crippen LogP contribution is -2.41. The Morgan fingerprint density at radius 3 is 2.45 bits per heavy atom. The molecule has 7 heteroatoms. The van der Waals surface area contributed by atoms with Gasteiger partial charge in [-0.05, 0) is 27.7 Å². The van der Waals surface area contributed by atoms with Crippen LogP contribution >= 0.6 is 0 Å². The van der Waals surface area contributed by atoms with Gasteiger partial charge in [0.2, 0.25) is 11.9 Å². The Bertz CT molecular complexity index is 446. The summed E-state index contributed by atoms with van der Waals surface area (Å²) in [7, 11) is 0. The fourth-order valence-corrected chi connectivity index (χ4v) is 1.90. The number of nitrogens with zero attached hydrogens (tertiary/aromatic N) is 3. The second kappa shape index (κ2) is 7.52. The molecular formula is C13H24N6O. The van der Waals surface area contributed by atoms with E-state index in [1.54, 1.807) is 11.0 Å². The van der Waals surface area contributed by atoms with Gasteiger partial charge >= 0.3 is 0 Å². The van der Waals surface area contributed by atoms with Crippen LogP contribution in [-0.4, -0.2) is 46.5 Å². The number of anilines is 3. The number of nitrogen functional groups attached to an aromatic ring is 1. The third-order valence-corrected chi connectivity index (χ3v) is 2.91. The van der Waals surface area contributed by atoms with Crippen molar-refractivity contribution in [2.75, 3.05) is 36.0 Å². The Labute approximate surface area is 120 Å². The van der Waals surface area contributed by atoms with Gasteiger partial charge in [0, 0.05) is 25.7 Å². The highest BCUT2D eigenvalue weighted by Crippen LogP contribution is 2.13. The zero-order valence-electron chi connectivity index (χ0n) is 12.6. The van der Waals surface area contributed by atoms with Crippen molar-refractivity contribution in [3.63, 3.8) is 0 Å². The van der Waals surface area contributed by atoms with Crippen LogP contribution in [0.25, 0.3) is 0 Å². The highest BCUT2D eigenvalue weighted by atomic mass is 16.2. The summed E-state index contributed by atoms with van der Waals surface area (Å²) in [6.07, 6.45) is 0. The van der Waals surface area contributed by atoms with Gasteiger partial charge in [0.25, 0.3) is 0 Å². The largest absolute Gasteiger partial charge is 0.370 e. The lowest BCUT2D eigenvalue weighted by Gasteiger charge is -2.23. The summed E-state index contributed by atoms with van der Waals surface area (Å²) < 4.78 is 0. The van der Waals surface area contributed by atoms with Gasteiger partial charge < -0.3 is 21.3 Å². The molecule has 1 atom stereocenters. The summed E-state index contributed by atoms with van der Waals surface area (Å²) in [5, 5.41) is 6.14. The molecule has 20 heavy (non-hydrogen) atoms. The topological polar surface area (TPSA) is 96.2 Å². The number of hydrogen-bond acceptors (Lipinski definition) is 6. The van der Waals surface area contributed by atoms with Gasteiger partial charge in [0.05, 0.1) is 0 Å². The molecule has 0 bridgehead atoms. The second-order valence-corrected chi connectivity index (χ2v) is 4.40. The molecule has 0 fully saturated rings. The fraction of sp³-hybridized carbons (Fsp3) is 0.615. The van der Waals surface area contributed by atoms with Crippen LogP contribution in [0.3, 0.4) is 0 Å². The smallest absolute Gasteiger partial charge is 0.244 e. The van der Waals surface area contributed by atoms with Crippen LogP contribution in [0.5, 0.6) is 0 Å². The fourth-order valence-electron chi connectivity index (χ4n) is 1.90. The molecule has 0 aliphatic carbocycles. The van der Waals surface area contributed by atoms with E-state index in [0.717, 1.165) is 6.54 Å². The number of amides is 1. The minimum Gasteiger partial charge on any atom is -0.370 e. The Hall–Kier alpha value is -2.05. The molecule has 0 saturated carbocycles. The van der Waals surface area contributed by atoms with Crippen molar-refractivity contribution in [3.05, 3.63) is 6.07 Å². The lowest BCUT2D eigenvalue weighted by molar-refractivity contribution is -0.131.